The number of carbonyl (C=O) groups is 11. The van der Waals surface area contributed by atoms with E-state index in [0.29, 0.717) is 97.6 Å². The molecule has 2 unspecified atom stereocenters. The van der Waals surface area contributed by atoms with Gasteiger partial charge in [0.2, 0.25) is 11.8 Å². The molecule has 4 atom stereocenters. The maximum atomic E-state index is 12.4. The fourth-order valence-electron chi connectivity index (χ4n) is 17.2. The van der Waals surface area contributed by atoms with Gasteiger partial charge in [-0.2, -0.15) is 0 Å². The van der Waals surface area contributed by atoms with Crippen molar-refractivity contribution in [2.75, 3.05) is 92.9 Å². The third-order valence-corrected chi connectivity index (χ3v) is 24.2. The Labute approximate surface area is 846 Å². The molecule has 0 fully saturated rings. The van der Waals surface area contributed by atoms with Gasteiger partial charge >= 0.3 is 30.1 Å². The summed E-state index contributed by atoms with van der Waals surface area (Å²) in [5, 5.41) is 22.7. The molecule has 0 saturated heterocycles. The first kappa shape index (κ1) is 118. The zero-order valence-corrected chi connectivity index (χ0v) is 85.3. The van der Waals surface area contributed by atoms with Gasteiger partial charge in [0.1, 0.15) is 50.4 Å². The Hall–Kier alpha value is -13.5. The molecule has 26 heteroatoms. The van der Waals surface area contributed by atoms with Crippen LogP contribution in [0.15, 0.2) is 243 Å². The van der Waals surface area contributed by atoms with Gasteiger partial charge in [-0.25, -0.2) is 9.59 Å². The number of hydrogen-bond donors (Lipinski definition) is 10. The number of nitrogens with two attached hydrogens (primary N) is 2. The van der Waals surface area contributed by atoms with E-state index >= 15 is 0 Å². The minimum absolute atomic E-state index is 0. The lowest BCUT2D eigenvalue weighted by molar-refractivity contribution is -0.144. The molecule has 0 heterocycles. The van der Waals surface area contributed by atoms with Crippen molar-refractivity contribution in [2.24, 2.45) is 11.5 Å². The molecule has 0 radical (unpaired) electrons. The standard InChI is InChI=1S/C22H45N7O4.C18H17NO3.C17H17NO2.3C17H16O2.C4H9NO.2C2H6.CH4/c1-15(30)13-29-18(21(24)32)9-5-8-12-27-22(33)19(25-4)10-6-7-11-26-16(2)20(31)14-28-17(3)23;1-12(20)10-19-18(21)22-11-17-15-8-4-2-6-13(15)14-7-3-5-9-16(14)17;1-2-18-17(19)20-11-16-14-9-5-3-7-12(14)13-8-4-6-10-15(13)16;3*1-2-17(18)19-11-16-14-9-5-3-7-12(14)13-8-4-6-10-15(13)16;1-4(6)3-5-2;2*1-2;/h16-19,25-26,28-29H,5-14,23H2,1-4H3,(H2,24,32)(H,27,33);2-9,17H,10-11H2,1H3,(H,19,21);3-10,16H,2,11H2,1H3,(H,18,19);3*3-10,16H,2,11H2,1H3;5H,3H2,1-2H3;2*1-2H3;1H4/t16?,17?,18-,19-;;;;;;;;;/m0........./s1. The zero-order valence-electron chi connectivity index (χ0n) is 85.3. The molecule has 0 spiro atoms. The van der Waals surface area contributed by atoms with Crippen LogP contribution in [-0.4, -0.2) is 182 Å². The van der Waals surface area contributed by atoms with Crippen molar-refractivity contribution in [3.63, 3.8) is 0 Å². The van der Waals surface area contributed by atoms with Crippen molar-refractivity contribution in [3.8, 4) is 55.6 Å². The number of ketones is 4. The monoisotopic (exact) mass is 1950 g/mol. The summed E-state index contributed by atoms with van der Waals surface area (Å²) in [5.74, 6) is -0.190. The van der Waals surface area contributed by atoms with Crippen molar-refractivity contribution in [2.45, 2.75) is 209 Å². The molecule has 0 bridgehead atoms. The molecule has 10 aromatic carbocycles. The fraction of sp³-hybridized carbons (Fsp3) is 0.393. The van der Waals surface area contributed by atoms with Crippen LogP contribution in [-0.2, 0) is 66.8 Å². The summed E-state index contributed by atoms with van der Waals surface area (Å²) in [6, 6.07) is 82.0. The normalized spacial score (nSPS) is 12.7. The van der Waals surface area contributed by atoms with Gasteiger partial charge < -0.3 is 67.1 Å². The minimum atomic E-state index is -0.558. The number of rotatable bonds is 39. The minimum Gasteiger partial charge on any atom is -0.465 e. The van der Waals surface area contributed by atoms with Crippen LogP contribution in [0.4, 0.5) is 9.59 Å². The lowest BCUT2D eigenvalue weighted by Crippen LogP contribution is -2.44. The number of fused-ring (bicyclic) bond motifs is 15. The highest BCUT2D eigenvalue weighted by atomic mass is 16.6. The Bertz CT molecular complexity index is 5230. The van der Waals surface area contributed by atoms with Crippen LogP contribution in [0.1, 0.15) is 240 Å². The van der Waals surface area contributed by atoms with Gasteiger partial charge in [-0.05, 0) is 206 Å². The van der Waals surface area contributed by atoms with Crippen molar-refractivity contribution in [1.29, 1.82) is 0 Å². The van der Waals surface area contributed by atoms with Crippen LogP contribution in [0.5, 0.6) is 0 Å². The first-order valence-electron chi connectivity index (χ1n) is 49.8. The van der Waals surface area contributed by atoms with E-state index in [-0.39, 0.29) is 135 Å². The van der Waals surface area contributed by atoms with Crippen molar-refractivity contribution in [1.82, 2.24) is 42.5 Å². The average Bonchev–Trinajstić information content (AvgIpc) is 1.64. The van der Waals surface area contributed by atoms with Gasteiger partial charge in [0, 0.05) is 61.9 Å². The molecule has 5 aliphatic rings. The molecule has 143 heavy (non-hydrogen) atoms. The van der Waals surface area contributed by atoms with Crippen LogP contribution in [0, 0.1) is 0 Å². The van der Waals surface area contributed by atoms with Gasteiger partial charge in [0.25, 0.3) is 0 Å². The SMILES string of the molecule is C.CC.CC.CC(=O)CNC(=O)OCC1c2ccccc2-c2ccccc21.CCC(=O)OCC1c2ccccc2-c2ccccc21.CCC(=O)OCC1c2ccccc2-c2ccccc21.CCC(=O)OCC1c2ccccc2-c2ccccc21.CCNC(=O)OCC1c2ccccc2-c2ccccc21.CNCC(C)=O.CN[C@@H](CCCCNC(C)C(=O)CNC(C)N)C(=O)NCCCC[C@H](NCC(C)=O)C(N)=O. The third kappa shape index (κ3) is 36.2. The summed E-state index contributed by atoms with van der Waals surface area (Å²) in [6.45, 7) is 27.9. The Balaban J connectivity index is 0.000000259. The van der Waals surface area contributed by atoms with Crippen LogP contribution in [0.25, 0.3) is 55.6 Å². The number of alkyl carbamates (subject to hydrolysis) is 2. The molecular weight excluding hydrogens is 1800 g/mol. The molecule has 5 aliphatic carbocycles. The van der Waals surface area contributed by atoms with E-state index in [0.717, 1.165) is 12.8 Å². The zero-order chi connectivity index (χ0) is 103. The lowest BCUT2D eigenvalue weighted by Gasteiger charge is -2.17. The van der Waals surface area contributed by atoms with Crippen LogP contribution < -0.4 is 54.0 Å². The summed E-state index contributed by atoms with van der Waals surface area (Å²) in [7, 11) is 3.51. The number of Topliss-reactive ketones (excluding diaryl/α,β-unsaturated/α-hetero) is 4. The maximum Gasteiger partial charge on any atom is 0.407 e. The predicted octanol–water partition coefficient (Wildman–Crippen LogP) is 18.9. The summed E-state index contributed by atoms with van der Waals surface area (Å²) < 4.78 is 26.7. The van der Waals surface area contributed by atoms with E-state index in [1.54, 1.807) is 27.9 Å². The number of likely N-dealkylation sites (N-methyl/N-ethyl adjacent to an activating group) is 2. The Morgan fingerprint density at radius 2 is 0.587 bits per heavy atom. The number of benzene rings is 10. The number of amides is 4. The van der Waals surface area contributed by atoms with E-state index in [9.17, 15) is 52.7 Å². The molecule has 10 aromatic rings. The molecular formula is C117H152N10O16. The number of ether oxygens (including phenoxy) is 5. The molecule has 766 valence electrons. The highest BCUT2D eigenvalue weighted by Crippen LogP contribution is 2.49. The van der Waals surface area contributed by atoms with E-state index in [4.69, 9.17) is 35.2 Å². The van der Waals surface area contributed by atoms with Crippen molar-refractivity contribution >= 4 is 65.0 Å². The van der Waals surface area contributed by atoms with E-state index in [1.807, 2.05) is 147 Å². The first-order valence-corrected chi connectivity index (χ1v) is 49.8. The quantitative estimate of drug-likeness (QED) is 0.00740. The van der Waals surface area contributed by atoms with Crippen molar-refractivity contribution < 1.29 is 76.4 Å². The first-order chi connectivity index (χ1) is 68.7. The second kappa shape index (κ2) is 64.1. The number of primary amides is 1. The Kier molecular flexibility index (Phi) is 53.0. The van der Waals surface area contributed by atoms with Crippen LogP contribution in [0.3, 0.4) is 0 Å². The maximum absolute atomic E-state index is 12.4. The number of unbranched alkanes of at least 4 members (excludes halogenated alkanes) is 2. The van der Waals surface area contributed by atoms with Crippen molar-refractivity contribution in [3.05, 3.63) is 298 Å². The fourth-order valence-corrected chi connectivity index (χ4v) is 17.2. The smallest absolute Gasteiger partial charge is 0.407 e. The summed E-state index contributed by atoms with van der Waals surface area (Å²) in [4.78, 5) is 125. The second-order valence-electron chi connectivity index (χ2n) is 34.2. The van der Waals surface area contributed by atoms with Gasteiger partial charge in [0.05, 0.1) is 50.5 Å². The van der Waals surface area contributed by atoms with E-state index in [1.165, 1.54) is 125 Å². The Morgan fingerprint density at radius 1 is 0.322 bits per heavy atom. The number of esters is 3. The highest BCUT2D eigenvalue weighted by Gasteiger charge is 2.35. The molecule has 0 saturated carbocycles. The van der Waals surface area contributed by atoms with Crippen LogP contribution in [0.2, 0.25) is 0 Å². The molecule has 0 aromatic heterocycles. The third-order valence-electron chi connectivity index (χ3n) is 24.2. The van der Waals surface area contributed by atoms with Gasteiger partial charge in [-0.15, -0.1) is 0 Å². The number of hydrogen-bond acceptors (Lipinski definition) is 22. The second-order valence-corrected chi connectivity index (χ2v) is 34.2. The lowest BCUT2D eigenvalue weighted by atomic mass is 9.98. The largest absolute Gasteiger partial charge is 0.465 e. The summed E-state index contributed by atoms with van der Waals surface area (Å²) in [5.41, 5.74) is 35.7. The molecule has 4 amide bonds. The Morgan fingerprint density at radius 3 is 0.832 bits per heavy atom. The average molecular weight is 1950 g/mol. The molecule has 12 N–H and O–H groups in total. The van der Waals surface area contributed by atoms with E-state index < -0.39 is 18.0 Å². The predicted molar refractivity (Wildman–Crippen MR) is 571 cm³/mol. The molecule has 0 aliphatic heterocycles. The topological polar surface area (TPSA) is 382 Å². The van der Waals surface area contributed by atoms with E-state index in [2.05, 4.69) is 200 Å². The summed E-state index contributed by atoms with van der Waals surface area (Å²) >= 11 is 0. The number of nitrogens with one attached hydrogen (secondary N) is 8. The van der Waals surface area contributed by atoms with Crippen LogP contribution >= 0.6 is 0 Å². The van der Waals surface area contributed by atoms with Gasteiger partial charge in [-0.1, -0.05) is 305 Å². The molecule has 15 rings (SSSR count). The van der Waals surface area contributed by atoms with Gasteiger partial charge in [0.15, 0.2) is 5.78 Å². The van der Waals surface area contributed by atoms with Gasteiger partial charge in [-0.3, -0.25) is 53.8 Å². The highest BCUT2D eigenvalue weighted by molar-refractivity contribution is 5.88. The summed E-state index contributed by atoms with van der Waals surface area (Å²) in [6.07, 6.45) is 4.47. The number of carbonyl (C=O) groups excluding carboxylic acids is 11. The molecule has 26 nitrogen and oxygen atoms in total.